The van der Waals surface area contributed by atoms with E-state index in [4.69, 9.17) is 9.47 Å². The van der Waals surface area contributed by atoms with Gasteiger partial charge in [-0.05, 0) is 35.4 Å². The van der Waals surface area contributed by atoms with Crippen molar-refractivity contribution in [3.05, 3.63) is 48.8 Å². The quantitative estimate of drug-likeness (QED) is 0.624. The Morgan fingerprint density at radius 3 is 2.48 bits per heavy atom. The van der Waals surface area contributed by atoms with Gasteiger partial charge in [-0.25, -0.2) is 9.97 Å². The van der Waals surface area contributed by atoms with Crippen molar-refractivity contribution in [1.29, 1.82) is 0 Å². The lowest BCUT2D eigenvalue weighted by atomic mass is 10.1. The van der Waals surface area contributed by atoms with E-state index in [0.29, 0.717) is 19.0 Å². The molecule has 0 saturated carbocycles. The first-order valence-corrected chi connectivity index (χ1v) is 8.52. The van der Waals surface area contributed by atoms with Crippen LogP contribution < -0.4 is 4.74 Å². The van der Waals surface area contributed by atoms with Crippen LogP contribution in [0.4, 0.5) is 0 Å². The van der Waals surface area contributed by atoms with Crippen LogP contribution in [0.5, 0.6) is 11.5 Å². The Morgan fingerprint density at radius 2 is 1.68 bits per heavy atom. The van der Waals surface area contributed by atoms with Crippen molar-refractivity contribution in [2.45, 2.75) is 19.8 Å². The summed E-state index contributed by atoms with van der Waals surface area (Å²) in [7, 11) is 0. The molecule has 0 radical (unpaired) electrons. The maximum absolute atomic E-state index is 9.29. The van der Waals surface area contributed by atoms with Crippen LogP contribution in [0.2, 0.25) is 0 Å². The van der Waals surface area contributed by atoms with Crippen molar-refractivity contribution in [1.82, 2.24) is 9.97 Å². The molecule has 0 amide bonds. The van der Waals surface area contributed by atoms with Crippen LogP contribution in [-0.2, 0) is 4.74 Å². The summed E-state index contributed by atoms with van der Waals surface area (Å²) in [4.78, 5) is 8.29. The number of rotatable bonds is 8. The number of hydrogen-bond donors (Lipinski definition) is 1. The molecule has 5 heteroatoms. The van der Waals surface area contributed by atoms with E-state index in [-0.39, 0.29) is 5.75 Å². The smallest absolute Gasteiger partial charge is 0.159 e. The van der Waals surface area contributed by atoms with E-state index in [9.17, 15) is 5.11 Å². The second-order valence-corrected chi connectivity index (χ2v) is 5.80. The van der Waals surface area contributed by atoms with Crippen molar-refractivity contribution >= 4 is 10.8 Å². The third-order valence-electron chi connectivity index (χ3n) is 3.85. The van der Waals surface area contributed by atoms with Crippen LogP contribution in [0.25, 0.3) is 22.2 Å². The van der Waals surface area contributed by atoms with Gasteiger partial charge in [0.05, 0.1) is 19.0 Å². The first-order chi connectivity index (χ1) is 12.3. The van der Waals surface area contributed by atoms with Crippen LogP contribution in [0.1, 0.15) is 19.8 Å². The maximum Gasteiger partial charge on any atom is 0.159 e. The summed E-state index contributed by atoms with van der Waals surface area (Å²) >= 11 is 0. The third-order valence-corrected chi connectivity index (χ3v) is 3.85. The lowest BCUT2D eigenvalue weighted by Crippen LogP contribution is -2.07. The fourth-order valence-corrected chi connectivity index (χ4v) is 2.49. The molecule has 5 nitrogen and oxygen atoms in total. The summed E-state index contributed by atoms with van der Waals surface area (Å²) < 4.78 is 11.2. The highest BCUT2D eigenvalue weighted by atomic mass is 16.5. The Morgan fingerprint density at radius 1 is 0.920 bits per heavy atom. The van der Waals surface area contributed by atoms with Crippen molar-refractivity contribution < 1.29 is 14.6 Å². The summed E-state index contributed by atoms with van der Waals surface area (Å²) in [6.45, 7) is 4.09. The van der Waals surface area contributed by atoms with Crippen LogP contribution in [0.15, 0.2) is 48.8 Å². The van der Waals surface area contributed by atoms with E-state index in [2.05, 4.69) is 16.9 Å². The Labute approximate surface area is 147 Å². The molecule has 0 aliphatic carbocycles. The van der Waals surface area contributed by atoms with E-state index in [1.54, 1.807) is 0 Å². The van der Waals surface area contributed by atoms with Gasteiger partial charge in [-0.15, -0.1) is 0 Å². The second kappa shape index (κ2) is 8.44. The SMILES string of the molecule is CCCCOCCOc1ccc2cc(-c3ncc(O)cn3)ccc2c1. The van der Waals surface area contributed by atoms with E-state index >= 15 is 0 Å². The van der Waals surface area contributed by atoms with E-state index in [1.807, 2.05) is 36.4 Å². The number of aromatic hydroxyl groups is 1. The highest BCUT2D eigenvalue weighted by molar-refractivity contribution is 5.87. The van der Waals surface area contributed by atoms with E-state index in [0.717, 1.165) is 41.5 Å². The Balaban J connectivity index is 1.65. The predicted octanol–water partition coefficient (Wildman–Crippen LogP) is 4.20. The number of fused-ring (bicyclic) bond motifs is 1. The Bertz CT molecular complexity index is 819. The van der Waals surface area contributed by atoms with Gasteiger partial charge >= 0.3 is 0 Å². The zero-order valence-corrected chi connectivity index (χ0v) is 14.3. The number of ether oxygens (including phenoxy) is 2. The van der Waals surface area contributed by atoms with Gasteiger partial charge in [0.1, 0.15) is 12.4 Å². The summed E-state index contributed by atoms with van der Waals surface area (Å²) in [5.74, 6) is 1.48. The summed E-state index contributed by atoms with van der Waals surface area (Å²) in [5.41, 5.74) is 0.908. The van der Waals surface area contributed by atoms with Gasteiger partial charge < -0.3 is 14.6 Å². The Hall–Kier alpha value is -2.66. The molecule has 0 fully saturated rings. The fourth-order valence-electron chi connectivity index (χ4n) is 2.49. The molecule has 2 aromatic carbocycles. The average molecular weight is 338 g/mol. The number of nitrogens with zero attached hydrogens (tertiary/aromatic N) is 2. The van der Waals surface area contributed by atoms with Gasteiger partial charge in [0.25, 0.3) is 0 Å². The van der Waals surface area contributed by atoms with Crippen LogP contribution in [0, 0.1) is 0 Å². The van der Waals surface area contributed by atoms with Gasteiger partial charge in [0, 0.05) is 12.2 Å². The molecule has 1 N–H and O–H groups in total. The van der Waals surface area contributed by atoms with Crippen molar-refractivity contribution in [3.63, 3.8) is 0 Å². The summed E-state index contributed by atoms with van der Waals surface area (Å²) in [6, 6.07) is 12.0. The van der Waals surface area contributed by atoms with Gasteiger partial charge in [0.2, 0.25) is 0 Å². The minimum absolute atomic E-state index is 0.0602. The largest absolute Gasteiger partial charge is 0.505 e. The minimum atomic E-state index is 0.0602. The first kappa shape index (κ1) is 17.2. The Kier molecular flexibility index (Phi) is 5.80. The molecular weight excluding hydrogens is 316 g/mol. The molecular formula is C20H22N2O3. The molecule has 0 atom stereocenters. The molecule has 0 bridgehead atoms. The maximum atomic E-state index is 9.29. The highest BCUT2D eigenvalue weighted by Crippen LogP contribution is 2.25. The topological polar surface area (TPSA) is 64.5 Å². The van der Waals surface area contributed by atoms with Crippen molar-refractivity contribution in [2.75, 3.05) is 19.8 Å². The zero-order valence-electron chi connectivity index (χ0n) is 14.3. The van der Waals surface area contributed by atoms with Crippen molar-refractivity contribution in [2.24, 2.45) is 0 Å². The number of aromatic nitrogens is 2. The van der Waals surface area contributed by atoms with Gasteiger partial charge in [-0.1, -0.05) is 31.5 Å². The van der Waals surface area contributed by atoms with E-state index < -0.39 is 0 Å². The average Bonchev–Trinajstić information content (AvgIpc) is 2.65. The molecule has 1 aromatic heterocycles. The van der Waals surface area contributed by atoms with Crippen molar-refractivity contribution in [3.8, 4) is 22.9 Å². The molecule has 0 aliphatic rings. The number of unbranched alkanes of at least 4 members (excludes halogenated alkanes) is 1. The highest BCUT2D eigenvalue weighted by Gasteiger charge is 2.04. The van der Waals surface area contributed by atoms with Crippen LogP contribution in [-0.4, -0.2) is 34.9 Å². The van der Waals surface area contributed by atoms with Gasteiger partial charge in [-0.3, -0.25) is 0 Å². The standard InChI is InChI=1S/C20H22N2O3/c1-2-3-8-24-9-10-25-19-7-6-15-11-17(5-4-16(15)12-19)20-21-13-18(23)14-22-20/h4-7,11-14,23H,2-3,8-10H2,1H3. The second-order valence-electron chi connectivity index (χ2n) is 5.80. The summed E-state index contributed by atoms with van der Waals surface area (Å²) in [6.07, 6.45) is 5.02. The third kappa shape index (κ3) is 4.67. The predicted molar refractivity (Wildman–Crippen MR) is 97.9 cm³/mol. The normalized spacial score (nSPS) is 10.9. The number of benzene rings is 2. The van der Waals surface area contributed by atoms with Crippen LogP contribution in [0.3, 0.4) is 0 Å². The molecule has 25 heavy (non-hydrogen) atoms. The first-order valence-electron chi connectivity index (χ1n) is 8.52. The molecule has 0 unspecified atom stereocenters. The molecule has 0 aliphatic heterocycles. The minimum Gasteiger partial charge on any atom is -0.505 e. The molecule has 0 spiro atoms. The zero-order chi connectivity index (χ0) is 17.5. The van der Waals surface area contributed by atoms with Gasteiger partial charge in [0.15, 0.2) is 11.6 Å². The lowest BCUT2D eigenvalue weighted by Gasteiger charge is -2.09. The molecule has 3 rings (SSSR count). The lowest BCUT2D eigenvalue weighted by molar-refractivity contribution is 0.0981. The van der Waals surface area contributed by atoms with E-state index in [1.165, 1.54) is 12.4 Å². The van der Waals surface area contributed by atoms with Crippen LogP contribution >= 0.6 is 0 Å². The fraction of sp³-hybridized carbons (Fsp3) is 0.300. The molecule has 0 saturated heterocycles. The molecule has 130 valence electrons. The number of hydrogen-bond acceptors (Lipinski definition) is 5. The summed E-state index contributed by atoms with van der Waals surface area (Å²) in [5, 5.41) is 11.5. The molecule has 3 aromatic rings. The monoisotopic (exact) mass is 338 g/mol. The molecule has 1 heterocycles. The van der Waals surface area contributed by atoms with Gasteiger partial charge in [-0.2, -0.15) is 0 Å².